The van der Waals surface area contributed by atoms with Crippen LogP contribution in [0, 0.1) is 5.82 Å². The van der Waals surface area contributed by atoms with Crippen LogP contribution in [0.1, 0.15) is 10.4 Å². The van der Waals surface area contributed by atoms with E-state index in [9.17, 15) is 22.7 Å². The van der Waals surface area contributed by atoms with Crippen LogP contribution in [0.5, 0.6) is 5.75 Å². The Hall–Kier alpha value is -2.45. The number of carbonyl (C=O) groups excluding carboxylic acids is 1. The number of aromatic hydroxyl groups is 1. The standard InChI is InChI=1S/C13H11FN2O4S/c14-10-4-2-6-12(8-10)21(19,20)16-15-13(18)9-3-1-5-11(17)7-9/h1-8,16-17H,(H,15,18). The fourth-order valence-electron chi connectivity index (χ4n) is 1.53. The predicted molar refractivity (Wildman–Crippen MR) is 72.3 cm³/mol. The van der Waals surface area contributed by atoms with E-state index in [-0.39, 0.29) is 16.2 Å². The van der Waals surface area contributed by atoms with Gasteiger partial charge in [0.25, 0.3) is 15.9 Å². The van der Waals surface area contributed by atoms with Crippen molar-refractivity contribution >= 4 is 15.9 Å². The summed E-state index contributed by atoms with van der Waals surface area (Å²) in [5.74, 6) is -1.60. The lowest BCUT2D eigenvalue weighted by Crippen LogP contribution is -2.41. The van der Waals surface area contributed by atoms with Gasteiger partial charge >= 0.3 is 0 Å². The average Bonchev–Trinajstić information content (AvgIpc) is 2.45. The van der Waals surface area contributed by atoms with Crippen LogP contribution in [0.4, 0.5) is 4.39 Å². The van der Waals surface area contributed by atoms with Crippen LogP contribution in [-0.4, -0.2) is 19.4 Å². The van der Waals surface area contributed by atoms with Gasteiger partial charge in [0.15, 0.2) is 0 Å². The number of phenolic OH excluding ortho intramolecular Hbond substituents is 1. The number of hydrazine groups is 1. The van der Waals surface area contributed by atoms with E-state index >= 15 is 0 Å². The summed E-state index contributed by atoms with van der Waals surface area (Å²) in [6, 6.07) is 9.72. The molecule has 0 aliphatic carbocycles. The number of phenols is 1. The summed E-state index contributed by atoms with van der Waals surface area (Å²) in [7, 11) is -4.08. The van der Waals surface area contributed by atoms with Crippen LogP contribution in [0.15, 0.2) is 53.4 Å². The summed E-state index contributed by atoms with van der Waals surface area (Å²) in [6.07, 6.45) is 0. The molecular formula is C13H11FN2O4S. The van der Waals surface area contributed by atoms with Crippen molar-refractivity contribution in [2.75, 3.05) is 0 Å². The number of hydrogen-bond donors (Lipinski definition) is 3. The lowest BCUT2D eigenvalue weighted by atomic mass is 10.2. The Labute approximate surface area is 120 Å². The molecule has 1 amide bonds. The van der Waals surface area contributed by atoms with E-state index in [1.54, 1.807) is 0 Å². The number of rotatable bonds is 4. The fraction of sp³-hybridized carbons (Fsp3) is 0. The van der Waals surface area contributed by atoms with Crippen molar-refractivity contribution in [3.8, 4) is 5.75 Å². The number of amides is 1. The molecule has 0 spiro atoms. The first kappa shape index (κ1) is 14.9. The molecule has 0 bridgehead atoms. The molecule has 0 atom stereocenters. The van der Waals surface area contributed by atoms with Crippen LogP contribution >= 0.6 is 0 Å². The molecule has 8 heteroatoms. The molecule has 0 unspecified atom stereocenters. The van der Waals surface area contributed by atoms with Gasteiger partial charge in [-0.15, -0.1) is 4.83 Å². The van der Waals surface area contributed by atoms with E-state index in [4.69, 9.17) is 0 Å². The van der Waals surface area contributed by atoms with Crippen LogP contribution in [0.25, 0.3) is 0 Å². The van der Waals surface area contributed by atoms with Gasteiger partial charge in [-0.05, 0) is 36.4 Å². The normalized spacial score (nSPS) is 11.1. The largest absolute Gasteiger partial charge is 0.508 e. The highest BCUT2D eigenvalue weighted by Gasteiger charge is 2.16. The van der Waals surface area contributed by atoms with Gasteiger partial charge in [0.1, 0.15) is 11.6 Å². The number of hydrogen-bond acceptors (Lipinski definition) is 4. The van der Waals surface area contributed by atoms with Crippen molar-refractivity contribution in [2.24, 2.45) is 0 Å². The highest BCUT2D eigenvalue weighted by molar-refractivity contribution is 7.89. The van der Waals surface area contributed by atoms with E-state index in [0.717, 1.165) is 12.1 Å². The summed E-state index contributed by atoms with van der Waals surface area (Å²) in [5, 5.41) is 9.24. The van der Waals surface area contributed by atoms with Crippen molar-refractivity contribution in [3.05, 3.63) is 59.9 Å². The molecule has 0 heterocycles. The minimum atomic E-state index is -4.08. The minimum Gasteiger partial charge on any atom is -0.508 e. The van der Waals surface area contributed by atoms with Gasteiger partial charge in [0.2, 0.25) is 0 Å². The summed E-state index contributed by atoms with van der Waals surface area (Å²) < 4.78 is 36.7. The third-order valence-electron chi connectivity index (χ3n) is 2.51. The van der Waals surface area contributed by atoms with Crippen molar-refractivity contribution < 1.29 is 22.7 Å². The van der Waals surface area contributed by atoms with E-state index in [0.29, 0.717) is 0 Å². The molecule has 3 N–H and O–H groups in total. The lowest BCUT2D eigenvalue weighted by molar-refractivity contribution is 0.0944. The van der Waals surface area contributed by atoms with E-state index < -0.39 is 21.7 Å². The zero-order valence-corrected chi connectivity index (χ0v) is 11.4. The van der Waals surface area contributed by atoms with Crippen LogP contribution < -0.4 is 10.3 Å². The molecular weight excluding hydrogens is 299 g/mol. The first-order valence-corrected chi connectivity index (χ1v) is 7.23. The fourth-order valence-corrected chi connectivity index (χ4v) is 2.40. The Bertz CT molecular complexity index is 777. The Morgan fingerprint density at radius 1 is 1.10 bits per heavy atom. The molecule has 0 saturated heterocycles. The molecule has 0 aliphatic rings. The maximum Gasteiger partial charge on any atom is 0.266 e. The zero-order valence-electron chi connectivity index (χ0n) is 10.6. The molecule has 0 radical (unpaired) electrons. The molecule has 110 valence electrons. The Morgan fingerprint density at radius 3 is 2.48 bits per heavy atom. The number of benzene rings is 2. The molecule has 2 rings (SSSR count). The van der Waals surface area contributed by atoms with Crippen LogP contribution in [0.3, 0.4) is 0 Å². The summed E-state index contributed by atoms with van der Waals surface area (Å²) in [5.41, 5.74) is 2.04. The summed E-state index contributed by atoms with van der Waals surface area (Å²) in [4.78, 5) is 13.2. The average molecular weight is 310 g/mol. The smallest absolute Gasteiger partial charge is 0.266 e. The van der Waals surface area contributed by atoms with Crippen molar-refractivity contribution in [2.45, 2.75) is 4.90 Å². The SMILES string of the molecule is O=C(NNS(=O)(=O)c1cccc(F)c1)c1cccc(O)c1. The van der Waals surface area contributed by atoms with Gasteiger partial charge in [-0.2, -0.15) is 0 Å². The van der Waals surface area contributed by atoms with Crippen LogP contribution in [-0.2, 0) is 10.0 Å². The second-order valence-electron chi connectivity index (χ2n) is 4.07. The molecule has 21 heavy (non-hydrogen) atoms. The van der Waals surface area contributed by atoms with Crippen molar-refractivity contribution in [3.63, 3.8) is 0 Å². The van der Waals surface area contributed by atoms with E-state index in [1.165, 1.54) is 36.4 Å². The topological polar surface area (TPSA) is 95.5 Å². The maximum absolute atomic E-state index is 13.0. The second-order valence-corrected chi connectivity index (χ2v) is 5.75. The predicted octanol–water partition coefficient (Wildman–Crippen LogP) is 1.15. The number of nitrogens with one attached hydrogen (secondary N) is 2. The van der Waals surface area contributed by atoms with Gasteiger partial charge in [0, 0.05) is 5.56 Å². The minimum absolute atomic E-state index is 0.0666. The third kappa shape index (κ3) is 3.77. The van der Waals surface area contributed by atoms with Crippen molar-refractivity contribution in [1.82, 2.24) is 10.3 Å². The molecule has 0 aromatic heterocycles. The molecule has 0 aliphatic heterocycles. The lowest BCUT2D eigenvalue weighted by Gasteiger charge is -2.08. The molecule has 0 saturated carbocycles. The Kier molecular flexibility index (Phi) is 4.20. The zero-order chi connectivity index (χ0) is 15.5. The monoisotopic (exact) mass is 310 g/mol. The van der Waals surface area contributed by atoms with Crippen molar-refractivity contribution in [1.29, 1.82) is 0 Å². The Morgan fingerprint density at radius 2 is 1.81 bits per heavy atom. The van der Waals surface area contributed by atoms with Gasteiger partial charge < -0.3 is 5.11 Å². The summed E-state index contributed by atoms with van der Waals surface area (Å²) in [6.45, 7) is 0. The highest BCUT2D eigenvalue weighted by Crippen LogP contribution is 2.11. The number of sulfonamides is 1. The second kappa shape index (κ2) is 5.90. The molecule has 2 aromatic carbocycles. The van der Waals surface area contributed by atoms with E-state index in [1.807, 2.05) is 10.3 Å². The molecule has 0 fully saturated rings. The molecule has 2 aromatic rings. The highest BCUT2D eigenvalue weighted by atomic mass is 32.2. The third-order valence-corrected chi connectivity index (χ3v) is 3.76. The maximum atomic E-state index is 13.0. The first-order valence-electron chi connectivity index (χ1n) is 5.75. The summed E-state index contributed by atoms with van der Waals surface area (Å²) >= 11 is 0. The van der Waals surface area contributed by atoms with Crippen LogP contribution in [0.2, 0.25) is 0 Å². The van der Waals surface area contributed by atoms with Gasteiger partial charge in [-0.3, -0.25) is 10.2 Å². The number of carbonyl (C=O) groups is 1. The van der Waals surface area contributed by atoms with Gasteiger partial charge in [-0.25, -0.2) is 12.8 Å². The van der Waals surface area contributed by atoms with Gasteiger partial charge in [0.05, 0.1) is 4.90 Å². The quantitative estimate of drug-likeness (QED) is 0.738. The van der Waals surface area contributed by atoms with Gasteiger partial charge in [-0.1, -0.05) is 12.1 Å². The van der Waals surface area contributed by atoms with E-state index in [2.05, 4.69) is 0 Å². The first-order chi connectivity index (χ1) is 9.88. The number of halogens is 1. The Balaban J connectivity index is 2.10. The molecule has 6 nitrogen and oxygen atoms in total.